The van der Waals surface area contributed by atoms with Crippen LogP contribution < -0.4 is 16.2 Å². The van der Waals surface area contributed by atoms with Gasteiger partial charge in [0.2, 0.25) is 0 Å². The SMILES string of the molecule is Nc1ccc(-c2cccc3c(=O)nc(N4CCCCC4)oc23)c(F)c1. The van der Waals surface area contributed by atoms with E-state index >= 15 is 0 Å². The molecule has 0 saturated carbocycles. The van der Waals surface area contributed by atoms with Crippen LogP contribution in [0.3, 0.4) is 0 Å². The van der Waals surface area contributed by atoms with Crippen LogP contribution in [0.25, 0.3) is 22.1 Å². The van der Waals surface area contributed by atoms with Gasteiger partial charge in [-0.2, -0.15) is 4.98 Å². The summed E-state index contributed by atoms with van der Waals surface area (Å²) in [6, 6.07) is 9.88. The number of hydrogen-bond acceptors (Lipinski definition) is 5. The summed E-state index contributed by atoms with van der Waals surface area (Å²) in [4.78, 5) is 18.5. The third kappa shape index (κ3) is 2.84. The average Bonchev–Trinajstić information content (AvgIpc) is 2.62. The van der Waals surface area contributed by atoms with Crippen molar-refractivity contribution in [2.75, 3.05) is 23.7 Å². The molecule has 128 valence electrons. The number of nitrogen functional groups attached to an aromatic ring is 1. The highest BCUT2D eigenvalue weighted by Gasteiger charge is 2.19. The molecule has 25 heavy (non-hydrogen) atoms. The minimum atomic E-state index is -0.452. The largest absolute Gasteiger partial charge is 0.424 e. The second kappa shape index (κ2) is 6.20. The van der Waals surface area contributed by atoms with Gasteiger partial charge in [-0.3, -0.25) is 4.79 Å². The number of piperidine rings is 1. The molecule has 0 unspecified atom stereocenters. The van der Waals surface area contributed by atoms with Gasteiger partial charge >= 0.3 is 6.01 Å². The summed E-state index contributed by atoms with van der Waals surface area (Å²) in [6.07, 6.45) is 3.24. The summed E-state index contributed by atoms with van der Waals surface area (Å²) in [5.74, 6) is -0.452. The van der Waals surface area contributed by atoms with Gasteiger partial charge in [-0.1, -0.05) is 12.1 Å². The van der Waals surface area contributed by atoms with Crippen molar-refractivity contribution in [3.05, 3.63) is 52.6 Å². The van der Waals surface area contributed by atoms with Crippen LogP contribution >= 0.6 is 0 Å². The molecule has 0 bridgehead atoms. The first-order valence-electron chi connectivity index (χ1n) is 8.38. The zero-order valence-corrected chi connectivity index (χ0v) is 13.7. The third-order valence-electron chi connectivity index (χ3n) is 4.55. The van der Waals surface area contributed by atoms with Crippen molar-refractivity contribution in [3.63, 3.8) is 0 Å². The molecule has 1 aromatic heterocycles. The number of anilines is 2. The quantitative estimate of drug-likeness (QED) is 0.723. The maximum absolute atomic E-state index is 14.4. The monoisotopic (exact) mass is 339 g/mol. The molecule has 0 amide bonds. The number of nitrogens with two attached hydrogens (primary N) is 1. The minimum Gasteiger partial charge on any atom is -0.424 e. The van der Waals surface area contributed by atoms with Crippen LogP contribution in [0.15, 0.2) is 45.6 Å². The Balaban J connectivity index is 1.92. The first-order valence-corrected chi connectivity index (χ1v) is 8.38. The molecule has 0 atom stereocenters. The molecule has 1 aliphatic rings. The van der Waals surface area contributed by atoms with Gasteiger partial charge in [0.05, 0.1) is 5.39 Å². The summed E-state index contributed by atoms with van der Waals surface area (Å²) >= 11 is 0. The van der Waals surface area contributed by atoms with Crippen LogP contribution in [-0.2, 0) is 0 Å². The molecule has 5 nitrogen and oxygen atoms in total. The van der Waals surface area contributed by atoms with E-state index < -0.39 is 5.82 Å². The predicted molar refractivity (Wildman–Crippen MR) is 96.1 cm³/mol. The Bertz CT molecular complexity index is 994. The number of hydrogen-bond donors (Lipinski definition) is 1. The number of para-hydroxylation sites is 1. The summed E-state index contributed by atoms with van der Waals surface area (Å²) in [5, 5.41) is 0.342. The van der Waals surface area contributed by atoms with Gasteiger partial charge in [-0.05, 0) is 43.5 Å². The van der Waals surface area contributed by atoms with Gasteiger partial charge in [0.15, 0.2) is 5.58 Å². The normalized spacial score (nSPS) is 14.8. The summed E-state index contributed by atoms with van der Waals surface area (Å²) in [5.41, 5.74) is 6.84. The fourth-order valence-electron chi connectivity index (χ4n) is 3.26. The predicted octanol–water partition coefficient (Wildman–Crippen LogP) is 3.57. The molecule has 2 heterocycles. The van der Waals surface area contributed by atoms with Gasteiger partial charge in [0, 0.05) is 29.9 Å². The lowest BCUT2D eigenvalue weighted by Crippen LogP contribution is -2.31. The lowest BCUT2D eigenvalue weighted by atomic mass is 10.0. The van der Waals surface area contributed by atoms with Gasteiger partial charge in [-0.15, -0.1) is 0 Å². The molecule has 2 aromatic carbocycles. The van der Waals surface area contributed by atoms with Crippen LogP contribution in [0.5, 0.6) is 0 Å². The fraction of sp³-hybridized carbons (Fsp3) is 0.263. The van der Waals surface area contributed by atoms with E-state index in [0.29, 0.717) is 33.8 Å². The molecule has 6 heteroatoms. The molecule has 0 radical (unpaired) electrons. The number of fused-ring (bicyclic) bond motifs is 1. The number of benzene rings is 2. The van der Waals surface area contributed by atoms with Crippen molar-refractivity contribution in [1.29, 1.82) is 0 Å². The van der Waals surface area contributed by atoms with Crippen molar-refractivity contribution in [2.45, 2.75) is 19.3 Å². The van der Waals surface area contributed by atoms with E-state index in [0.717, 1.165) is 32.4 Å². The standard InChI is InChI=1S/C19H18FN3O2/c20-16-11-12(21)7-8-13(16)14-5-4-6-15-17(14)25-19(22-18(15)24)23-9-2-1-3-10-23/h4-8,11H,1-3,9-10,21H2. The highest BCUT2D eigenvalue weighted by Crippen LogP contribution is 2.32. The van der Waals surface area contributed by atoms with E-state index in [1.807, 2.05) is 4.90 Å². The molecular formula is C19H18FN3O2. The van der Waals surface area contributed by atoms with Crippen LogP contribution in [0.4, 0.5) is 16.1 Å². The van der Waals surface area contributed by atoms with E-state index in [2.05, 4.69) is 4.98 Å². The summed E-state index contributed by atoms with van der Waals surface area (Å²) < 4.78 is 20.4. The van der Waals surface area contributed by atoms with E-state index in [4.69, 9.17) is 10.2 Å². The van der Waals surface area contributed by atoms with Gasteiger partial charge in [0.1, 0.15) is 5.82 Å². The van der Waals surface area contributed by atoms with Gasteiger partial charge in [-0.25, -0.2) is 4.39 Å². The van der Waals surface area contributed by atoms with Crippen molar-refractivity contribution >= 4 is 22.7 Å². The Morgan fingerprint density at radius 3 is 2.64 bits per heavy atom. The van der Waals surface area contributed by atoms with Crippen molar-refractivity contribution in [1.82, 2.24) is 4.98 Å². The fourth-order valence-corrected chi connectivity index (χ4v) is 3.26. The Morgan fingerprint density at radius 1 is 1.08 bits per heavy atom. The molecule has 1 fully saturated rings. The minimum absolute atomic E-state index is 0.306. The summed E-state index contributed by atoms with van der Waals surface area (Å²) in [6.45, 7) is 1.61. The van der Waals surface area contributed by atoms with Crippen molar-refractivity contribution < 1.29 is 8.81 Å². The highest BCUT2D eigenvalue weighted by molar-refractivity contribution is 5.92. The average molecular weight is 339 g/mol. The zero-order chi connectivity index (χ0) is 17.4. The molecule has 3 aromatic rings. The van der Waals surface area contributed by atoms with Crippen LogP contribution in [0.2, 0.25) is 0 Å². The molecule has 2 N–H and O–H groups in total. The maximum Gasteiger partial charge on any atom is 0.301 e. The first kappa shape index (κ1) is 15.6. The number of halogens is 1. The van der Waals surface area contributed by atoms with Crippen molar-refractivity contribution in [2.24, 2.45) is 0 Å². The number of aromatic nitrogens is 1. The smallest absolute Gasteiger partial charge is 0.301 e. The third-order valence-corrected chi connectivity index (χ3v) is 4.55. The zero-order valence-electron chi connectivity index (χ0n) is 13.7. The lowest BCUT2D eigenvalue weighted by molar-refractivity contribution is 0.497. The number of nitrogens with zero attached hydrogens (tertiary/aromatic N) is 2. The van der Waals surface area contributed by atoms with E-state index in [9.17, 15) is 9.18 Å². The Labute approximate surface area is 143 Å². The molecular weight excluding hydrogens is 321 g/mol. The molecule has 0 aliphatic carbocycles. The Hall–Kier alpha value is -2.89. The van der Waals surface area contributed by atoms with E-state index in [-0.39, 0.29) is 5.56 Å². The van der Waals surface area contributed by atoms with Crippen LogP contribution in [-0.4, -0.2) is 18.1 Å². The van der Waals surface area contributed by atoms with E-state index in [1.165, 1.54) is 6.07 Å². The van der Waals surface area contributed by atoms with Crippen LogP contribution in [0.1, 0.15) is 19.3 Å². The van der Waals surface area contributed by atoms with E-state index in [1.54, 1.807) is 30.3 Å². The van der Waals surface area contributed by atoms with Crippen molar-refractivity contribution in [3.8, 4) is 11.1 Å². The molecule has 1 aliphatic heterocycles. The Morgan fingerprint density at radius 2 is 1.88 bits per heavy atom. The van der Waals surface area contributed by atoms with Gasteiger partial charge < -0.3 is 15.1 Å². The second-order valence-electron chi connectivity index (χ2n) is 6.27. The molecule has 1 saturated heterocycles. The second-order valence-corrected chi connectivity index (χ2v) is 6.27. The summed E-state index contributed by atoms with van der Waals surface area (Å²) in [7, 11) is 0. The molecule has 0 spiro atoms. The Kier molecular flexibility index (Phi) is 3.87. The van der Waals surface area contributed by atoms with Crippen LogP contribution in [0, 0.1) is 5.82 Å². The molecule has 4 rings (SSSR count). The number of rotatable bonds is 2. The highest BCUT2D eigenvalue weighted by atomic mass is 19.1. The topological polar surface area (TPSA) is 72.4 Å². The van der Waals surface area contributed by atoms with Gasteiger partial charge in [0.25, 0.3) is 5.56 Å². The maximum atomic E-state index is 14.4. The lowest BCUT2D eigenvalue weighted by Gasteiger charge is -2.25. The first-order chi connectivity index (χ1) is 12.1.